The standard InChI is InChI=1S/C13H14N2O2S/c1-8-6-12(18)15-13(14-8)9-4-5-10(16-2)11(7-9)17-3/h4-7H,1-3H3,(H,14,15,18). The fourth-order valence-electron chi connectivity index (χ4n) is 1.70. The van der Waals surface area contributed by atoms with Crippen molar-refractivity contribution in [3.63, 3.8) is 0 Å². The molecule has 0 fully saturated rings. The zero-order chi connectivity index (χ0) is 13.1. The van der Waals surface area contributed by atoms with E-state index < -0.39 is 0 Å². The van der Waals surface area contributed by atoms with E-state index in [1.54, 1.807) is 14.2 Å². The molecule has 4 nitrogen and oxygen atoms in total. The van der Waals surface area contributed by atoms with E-state index in [2.05, 4.69) is 9.97 Å². The monoisotopic (exact) mass is 262 g/mol. The summed E-state index contributed by atoms with van der Waals surface area (Å²) >= 11 is 5.11. The molecule has 94 valence electrons. The number of nitrogens with zero attached hydrogens (tertiary/aromatic N) is 1. The van der Waals surface area contributed by atoms with E-state index in [9.17, 15) is 0 Å². The molecule has 0 aliphatic carbocycles. The lowest BCUT2D eigenvalue weighted by Crippen LogP contribution is -1.94. The Labute approximate surface area is 111 Å². The van der Waals surface area contributed by atoms with Gasteiger partial charge in [0.05, 0.1) is 14.2 Å². The van der Waals surface area contributed by atoms with Crippen LogP contribution in [0.4, 0.5) is 0 Å². The van der Waals surface area contributed by atoms with Gasteiger partial charge in [-0.3, -0.25) is 0 Å². The van der Waals surface area contributed by atoms with Crippen LogP contribution in [-0.2, 0) is 0 Å². The highest BCUT2D eigenvalue weighted by atomic mass is 32.1. The smallest absolute Gasteiger partial charge is 0.161 e. The highest BCUT2D eigenvalue weighted by Gasteiger charge is 2.07. The number of rotatable bonds is 3. The number of methoxy groups -OCH3 is 2. The molecular formula is C13H14N2O2S. The largest absolute Gasteiger partial charge is 0.493 e. The van der Waals surface area contributed by atoms with Crippen LogP contribution in [0.25, 0.3) is 11.4 Å². The normalized spacial score (nSPS) is 10.2. The van der Waals surface area contributed by atoms with Crippen molar-refractivity contribution in [2.45, 2.75) is 6.92 Å². The number of H-pyrrole nitrogens is 1. The van der Waals surface area contributed by atoms with Crippen LogP contribution >= 0.6 is 12.2 Å². The number of hydrogen-bond acceptors (Lipinski definition) is 4. The third kappa shape index (κ3) is 2.51. The Kier molecular flexibility index (Phi) is 3.62. The molecule has 0 saturated heterocycles. The first-order chi connectivity index (χ1) is 8.63. The van der Waals surface area contributed by atoms with Gasteiger partial charge in [-0.15, -0.1) is 0 Å². The summed E-state index contributed by atoms with van der Waals surface area (Å²) in [5.74, 6) is 2.08. The Morgan fingerprint density at radius 2 is 1.83 bits per heavy atom. The third-order valence-electron chi connectivity index (χ3n) is 2.53. The lowest BCUT2D eigenvalue weighted by atomic mass is 10.2. The van der Waals surface area contributed by atoms with Crippen molar-refractivity contribution in [2.24, 2.45) is 0 Å². The molecule has 1 N–H and O–H groups in total. The van der Waals surface area contributed by atoms with Crippen molar-refractivity contribution in [1.29, 1.82) is 0 Å². The number of aromatic nitrogens is 2. The summed E-state index contributed by atoms with van der Waals surface area (Å²) in [6, 6.07) is 7.44. The minimum atomic E-state index is 0.566. The molecule has 0 aliphatic rings. The van der Waals surface area contributed by atoms with Crippen LogP contribution in [-0.4, -0.2) is 24.2 Å². The molecule has 1 heterocycles. The summed E-state index contributed by atoms with van der Waals surface area (Å²) in [5, 5.41) is 0. The molecule has 5 heteroatoms. The fraction of sp³-hybridized carbons (Fsp3) is 0.231. The number of benzene rings is 1. The Morgan fingerprint density at radius 1 is 1.11 bits per heavy atom. The van der Waals surface area contributed by atoms with Gasteiger partial charge in [-0.25, -0.2) is 4.98 Å². The van der Waals surface area contributed by atoms with Gasteiger partial charge in [-0.1, -0.05) is 12.2 Å². The van der Waals surface area contributed by atoms with E-state index in [1.807, 2.05) is 31.2 Å². The Hall–Kier alpha value is -1.88. The first kappa shape index (κ1) is 12.6. The molecule has 1 aromatic carbocycles. The van der Waals surface area contributed by atoms with Crippen LogP contribution in [0, 0.1) is 11.6 Å². The Bertz CT molecular complexity index is 623. The number of aromatic amines is 1. The van der Waals surface area contributed by atoms with Gasteiger partial charge in [-0.05, 0) is 31.2 Å². The van der Waals surface area contributed by atoms with Gasteiger partial charge in [0.2, 0.25) is 0 Å². The van der Waals surface area contributed by atoms with Gasteiger partial charge >= 0.3 is 0 Å². The minimum Gasteiger partial charge on any atom is -0.493 e. The Morgan fingerprint density at radius 3 is 2.44 bits per heavy atom. The van der Waals surface area contributed by atoms with Crippen molar-refractivity contribution in [3.05, 3.63) is 34.6 Å². The summed E-state index contributed by atoms with van der Waals surface area (Å²) in [5.41, 5.74) is 1.88. The van der Waals surface area contributed by atoms with Gasteiger partial charge in [-0.2, -0.15) is 0 Å². The predicted octanol–water partition coefficient (Wildman–Crippen LogP) is 3.13. The molecule has 0 atom stereocenters. The molecule has 0 radical (unpaired) electrons. The molecule has 0 bridgehead atoms. The predicted molar refractivity (Wildman–Crippen MR) is 72.7 cm³/mol. The molecule has 0 aliphatic heterocycles. The minimum absolute atomic E-state index is 0.566. The molecule has 0 unspecified atom stereocenters. The van der Waals surface area contributed by atoms with Crippen LogP contribution in [0.5, 0.6) is 11.5 Å². The molecule has 2 rings (SSSR count). The van der Waals surface area contributed by atoms with Crippen LogP contribution in [0.3, 0.4) is 0 Å². The zero-order valence-corrected chi connectivity index (χ0v) is 11.3. The van der Waals surface area contributed by atoms with Gasteiger partial charge in [0.15, 0.2) is 11.5 Å². The maximum absolute atomic E-state index is 5.27. The molecule has 0 amide bonds. The van der Waals surface area contributed by atoms with Crippen molar-refractivity contribution >= 4 is 12.2 Å². The van der Waals surface area contributed by atoms with E-state index in [-0.39, 0.29) is 0 Å². The molecule has 0 spiro atoms. The van der Waals surface area contributed by atoms with Crippen LogP contribution in [0.15, 0.2) is 24.3 Å². The van der Waals surface area contributed by atoms with E-state index >= 15 is 0 Å². The van der Waals surface area contributed by atoms with Crippen molar-refractivity contribution in [2.75, 3.05) is 14.2 Å². The lowest BCUT2D eigenvalue weighted by Gasteiger charge is -2.09. The maximum Gasteiger partial charge on any atom is 0.161 e. The van der Waals surface area contributed by atoms with Crippen LogP contribution < -0.4 is 9.47 Å². The highest BCUT2D eigenvalue weighted by molar-refractivity contribution is 7.71. The van der Waals surface area contributed by atoms with Crippen molar-refractivity contribution in [3.8, 4) is 22.9 Å². The summed E-state index contributed by atoms with van der Waals surface area (Å²) in [4.78, 5) is 7.48. The first-order valence-electron chi connectivity index (χ1n) is 5.44. The summed E-state index contributed by atoms with van der Waals surface area (Å²) in [7, 11) is 3.21. The second-order valence-corrected chi connectivity index (χ2v) is 4.24. The average molecular weight is 262 g/mol. The zero-order valence-electron chi connectivity index (χ0n) is 10.5. The summed E-state index contributed by atoms with van der Waals surface area (Å²) < 4.78 is 11.0. The molecule has 1 aromatic heterocycles. The van der Waals surface area contributed by atoms with Gasteiger partial charge in [0, 0.05) is 11.3 Å². The highest BCUT2D eigenvalue weighted by Crippen LogP contribution is 2.30. The number of ether oxygens (including phenoxy) is 2. The molecule has 2 aromatic rings. The molecular weight excluding hydrogens is 248 g/mol. The second kappa shape index (κ2) is 5.18. The van der Waals surface area contributed by atoms with Crippen molar-refractivity contribution in [1.82, 2.24) is 9.97 Å². The van der Waals surface area contributed by atoms with Gasteiger partial charge < -0.3 is 14.5 Å². The topological polar surface area (TPSA) is 47.1 Å². The quantitative estimate of drug-likeness (QED) is 0.863. The van der Waals surface area contributed by atoms with Crippen LogP contribution in [0.2, 0.25) is 0 Å². The summed E-state index contributed by atoms with van der Waals surface area (Å²) in [6.45, 7) is 1.95. The SMILES string of the molecule is COc1ccc(-c2nc(=S)cc(C)[nH]2)cc1OC. The second-order valence-electron chi connectivity index (χ2n) is 3.82. The van der Waals surface area contributed by atoms with E-state index in [1.165, 1.54) is 0 Å². The van der Waals surface area contributed by atoms with Gasteiger partial charge in [0.1, 0.15) is 10.5 Å². The lowest BCUT2D eigenvalue weighted by molar-refractivity contribution is 0.355. The van der Waals surface area contributed by atoms with Gasteiger partial charge in [0.25, 0.3) is 0 Å². The average Bonchev–Trinajstić information content (AvgIpc) is 2.36. The fourth-order valence-corrected chi connectivity index (χ4v) is 1.97. The molecule has 18 heavy (non-hydrogen) atoms. The van der Waals surface area contributed by atoms with E-state index in [4.69, 9.17) is 21.7 Å². The number of aryl methyl sites for hydroxylation is 1. The summed E-state index contributed by atoms with van der Waals surface area (Å²) in [6.07, 6.45) is 0. The van der Waals surface area contributed by atoms with E-state index in [0.717, 1.165) is 17.1 Å². The maximum atomic E-state index is 5.27. The third-order valence-corrected chi connectivity index (χ3v) is 2.74. The molecule has 0 saturated carbocycles. The first-order valence-corrected chi connectivity index (χ1v) is 5.85. The number of nitrogens with one attached hydrogen (secondary N) is 1. The van der Waals surface area contributed by atoms with Crippen molar-refractivity contribution < 1.29 is 9.47 Å². The van der Waals surface area contributed by atoms with Crippen LogP contribution in [0.1, 0.15) is 5.69 Å². The van der Waals surface area contributed by atoms with E-state index in [0.29, 0.717) is 16.1 Å². The number of hydrogen-bond donors (Lipinski definition) is 1. The Balaban J connectivity index is 2.54.